The minimum Gasteiger partial charge on any atom is -0.305 e. The summed E-state index contributed by atoms with van der Waals surface area (Å²) in [4.78, 5) is 24.5. The van der Waals surface area contributed by atoms with Crippen LogP contribution in [0.2, 0.25) is 0 Å². The van der Waals surface area contributed by atoms with Gasteiger partial charge in [0.05, 0.1) is 0 Å². The number of carbonyl (C=O) groups is 2. The molecule has 1 saturated heterocycles. The Kier molecular flexibility index (Phi) is 2.29. The maximum absolute atomic E-state index is 12.4. The highest BCUT2D eigenvalue weighted by molar-refractivity contribution is 6.25. The average molecular weight is 241 g/mol. The minimum atomic E-state index is -0.348. The Morgan fingerprint density at radius 3 is 2.44 bits per heavy atom. The van der Waals surface area contributed by atoms with Gasteiger partial charge in [0.25, 0.3) is 0 Å². The first-order chi connectivity index (χ1) is 8.51. The van der Waals surface area contributed by atoms with E-state index in [0.29, 0.717) is 22.7 Å². The summed E-state index contributed by atoms with van der Waals surface area (Å²) in [6, 6.07) is 7.42. The van der Waals surface area contributed by atoms with Crippen LogP contribution >= 0.6 is 0 Å². The lowest BCUT2D eigenvalue weighted by Crippen LogP contribution is -2.63. The predicted molar refractivity (Wildman–Crippen MR) is 68.8 cm³/mol. The smallest absolute Gasteiger partial charge is 0.191 e. The lowest BCUT2D eigenvalue weighted by atomic mass is 9.72. The second-order valence-electron chi connectivity index (χ2n) is 5.38. The normalized spacial score (nSPS) is 30.6. The summed E-state index contributed by atoms with van der Waals surface area (Å²) in [5.41, 5.74) is 1.30. The molecule has 1 heterocycles. The van der Waals surface area contributed by atoms with Crippen molar-refractivity contribution >= 4 is 11.6 Å². The van der Waals surface area contributed by atoms with Crippen LogP contribution in [0.1, 0.15) is 41.0 Å². The van der Waals surface area contributed by atoms with E-state index in [9.17, 15) is 9.59 Å². The van der Waals surface area contributed by atoms with Crippen LogP contribution in [0.15, 0.2) is 35.9 Å². The first-order valence-electron chi connectivity index (χ1n) is 6.19. The second-order valence-corrected chi connectivity index (χ2v) is 5.38. The Labute approximate surface area is 106 Å². The van der Waals surface area contributed by atoms with Crippen LogP contribution in [0.25, 0.3) is 0 Å². The van der Waals surface area contributed by atoms with Crippen molar-refractivity contribution < 1.29 is 9.59 Å². The molecule has 92 valence electrons. The van der Waals surface area contributed by atoms with Crippen LogP contribution < -0.4 is 5.32 Å². The third-order valence-corrected chi connectivity index (χ3v) is 3.83. The van der Waals surface area contributed by atoms with E-state index in [0.717, 1.165) is 6.42 Å². The van der Waals surface area contributed by atoms with Gasteiger partial charge in [-0.15, -0.1) is 0 Å². The van der Waals surface area contributed by atoms with Gasteiger partial charge in [-0.3, -0.25) is 9.59 Å². The summed E-state index contributed by atoms with van der Waals surface area (Å²) < 4.78 is 0. The van der Waals surface area contributed by atoms with E-state index in [1.165, 1.54) is 6.08 Å². The van der Waals surface area contributed by atoms with Crippen LogP contribution in [0.4, 0.5) is 0 Å². The largest absolute Gasteiger partial charge is 0.305 e. The molecule has 1 N–H and O–H groups in total. The molecule has 3 rings (SSSR count). The molecule has 1 aliphatic heterocycles. The van der Waals surface area contributed by atoms with Crippen LogP contribution in [-0.4, -0.2) is 23.1 Å². The maximum Gasteiger partial charge on any atom is 0.191 e. The Balaban J connectivity index is 2.05. The molecule has 1 fully saturated rings. The van der Waals surface area contributed by atoms with Gasteiger partial charge in [0.1, 0.15) is 0 Å². The number of nitrogens with one attached hydrogen (secondary N) is 1. The Morgan fingerprint density at radius 2 is 1.83 bits per heavy atom. The number of rotatable bonds is 1. The van der Waals surface area contributed by atoms with E-state index >= 15 is 0 Å². The molecule has 0 bridgehead atoms. The standard InChI is InChI=1S/C15H15NO2/c1-9-8-15(2,16-9)12-7-13(17)10-5-3-4-6-11(10)14(12)18/h3-7,9,16H,8H2,1-2H3. The number of carbonyl (C=O) groups excluding carboxylic acids is 2. The topological polar surface area (TPSA) is 46.2 Å². The van der Waals surface area contributed by atoms with Gasteiger partial charge in [0.2, 0.25) is 0 Å². The SMILES string of the molecule is CC1CC(C)(C2=CC(=O)c3ccccc3C2=O)N1. The van der Waals surface area contributed by atoms with Gasteiger partial charge in [0, 0.05) is 28.3 Å². The van der Waals surface area contributed by atoms with E-state index in [4.69, 9.17) is 0 Å². The van der Waals surface area contributed by atoms with Crippen molar-refractivity contribution in [1.82, 2.24) is 5.32 Å². The van der Waals surface area contributed by atoms with Crippen LogP contribution in [0.3, 0.4) is 0 Å². The number of hydrogen-bond acceptors (Lipinski definition) is 3. The fourth-order valence-corrected chi connectivity index (χ4v) is 3.05. The second kappa shape index (κ2) is 3.62. The summed E-state index contributed by atoms with van der Waals surface area (Å²) in [5, 5.41) is 3.33. The van der Waals surface area contributed by atoms with Gasteiger partial charge >= 0.3 is 0 Å². The van der Waals surface area contributed by atoms with Crippen LogP contribution in [0.5, 0.6) is 0 Å². The molecule has 3 heteroatoms. The Hall–Kier alpha value is -1.74. The lowest BCUT2D eigenvalue weighted by molar-refractivity contribution is 0.0939. The molecular formula is C15H15NO2. The van der Waals surface area contributed by atoms with Gasteiger partial charge in [-0.05, 0) is 26.3 Å². The number of benzene rings is 1. The number of fused-ring (bicyclic) bond motifs is 1. The molecule has 2 aliphatic rings. The molecule has 0 saturated carbocycles. The first-order valence-corrected chi connectivity index (χ1v) is 6.19. The van der Waals surface area contributed by atoms with E-state index in [-0.39, 0.29) is 17.1 Å². The molecule has 3 nitrogen and oxygen atoms in total. The average Bonchev–Trinajstić information content (AvgIpc) is 2.32. The van der Waals surface area contributed by atoms with Crippen molar-refractivity contribution in [3.05, 3.63) is 47.0 Å². The van der Waals surface area contributed by atoms with Gasteiger partial charge in [0.15, 0.2) is 11.6 Å². The molecule has 0 radical (unpaired) electrons. The van der Waals surface area contributed by atoms with Crippen molar-refractivity contribution in [3.8, 4) is 0 Å². The van der Waals surface area contributed by atoms with E-state index in [1.54, 1.807) is 24.3 Å². The number of ketones is 2. The molecule has 1 aromatic rings. The zero-order valence-electron chi connectivity index (χ0n) is 10.5. The summed E-state index contributed by atoms with van der Waals surface area (Å²) in [6.45, 7) is 4.06. The molecule has 18 heavy (non-hydrogen) atoms. The van der Waals surface area contributed by atoms with Crippen molar-refractivity contribution in [1.29, 1.82) is 0 Å². The lowest BCUT2D eigenvalue weighted by Gasteiger charge is -2.47. The highest BCUT2D eigenvalue weighted by Gasteiger charge is 2.44. The zero-order valence-corrected chi connectivity index (χ0v) is 10.5. The van der Waals surface area contributed by atoms with Gasteiger partial charge in [-0.25, -0.2) is 0 Å². The molecule has 2 atom stereocenters. The van der Waals surface area contributed by atoms with Crippen molar-refractivity contribution in [2.75, 3.05) is 0 Å². The molecule has 0 amide bonds. The highest BCUT2D eigenvalue weighted by atomic mass is 16.1. The fraction of sp³-hybridized carbons (Fsp3) is 0.333. The number of allylic oxidation sites excluding steroid dienone is 1. The monoisotopic (exact) mass is 241 g/mol. The Bertz CT molecular complexity index is 580. The van der Waals surface area contributed by atoms with Crippen LogP contribution in [-0.2, 0) is 0 Å². The van der Waals surface area contributed by atoms with Gasteiger partial charge in [-0.2, -0.15) is 0 Å². The van der Waals surface area contributed by atoms with E-state index in [2.05, 4.69) is 12.2 Å². The maximum atomic E-state index is 12.4. The molecule has 0 spiro atoms. The van der Waals surface area contributed by atoms with E-state index in [1.807, 2.05) is 6.92 Å². The Morgan fingerprint density at radius 1 is 1.22 bits per heavy atom. The first kappa shape index (κ1) is 11.4. The van der Waals surface area contributed by atoms with Gasteiger partial charge in [-0.1, -0.05) is 24.3 Å². The van der Waals surface area contributed by atoms with Crippen molar-refractivity contribution in [2.45, 2.75) is 31.8 Å². The number of hydrogen-bond donors (Lipinski definition) is 1. The fourth-order valence-electron chi connectivity index (χ4n) is 3.05. The molecule has 1 aliphatic carbocycles. The molecule has 2 unspecified atom stereocenters. The minimum absolute atomic E-state index is 0.0212. The van der Waals surface area contributed by atoms with E-state index < -0.39 is 0 Å². The summed E-state index contributed by atoms with van der Waals surface area (Å²) >= 11 is 0. The summed E-state index contributed by atoms with van der Waals surface area (Å²) in [6.07, 6.45) is 2.39. The molecule has 0 aromatic heterocycles. The molecule has 1 aromatic carbocycles. The van der Waals surface area contributed by atoms with Crippen molar-refractivity contribution in [2.24, 2.45) is 0 Å². The third-order valence-electron chi connectivity index (χ3n) is 3.83. The third kappa shape index (κ3) is 1.47. The predicted octanol–water partition coefficient (Wildman–Crippen LogP) is 2.13. The van der Waals surface area contributed by atoms with Gasteiger partial charge < -0.3 is 5.32 Å². The molecular weight excluding hydrogens is 226 g/mol. The quantitative estimate of drug-likeness (QED) is 0.819. The zero-order chi connectivity index (χ0) is 12.9. The van der Waals surface area contributed by atoms with Crippen molar-refractivity contribution in [3.63, 3.8) is 0 Å². The number of Topliss-reactive ketones (excluding diaryl/α,β-unsaturated/α-hetero) is 1. The van der Waals surface area contributed by atoms with Crippen LogP contribution in [0, 0.1) is 0 Å². The summed E-state index contributed by atoms with van der Waals surface area (Å²) in [7, 11) is 0. The highest BCUT2D eigenvalue weighted by Crippen LogP contribution is 2.36. The summed E-state index contributed by atoms with van der Waals surface area (Å²) in [5.74, 6) is -0.0881.